The molecule has 433 valence electrons. The summed E-state index contributed by atoms with van der Waals surface area (Å²) in [5, 5.41) is 59.5. The van der Waals surface area contributed by atoms with E-state index in [1.54, 1.807) is 0 Å². The van der Waals surface area contributed by atoms with Crippen LogP contribution in [0.1, 0.15) is 20.7 Å². The Hall–Kier alpha value is -8.20. The Balaban J connectivity index is 0.000000257. The average molecular weight is 1210 g/mol. The van der Waals surface area contributed by atoms with E-state index in [2.05, 4.69) is 228 Å². The summed E-state index contributed by atoms with van der Waals surface area (Å²) >= 11 is 0. The van der Waals surface area contributed by atoms with E-state index in [9.17, 15) is 49.2 Å². The maximum absolute atomic E-state index is 12.0. The van der Waals surface area contributed by atoms with Gasteiger partial charge in [-0.1, -0.05) is 109 Å². The first-order valence-corrected chi connectivity index (χ1v) is 29.5. The number of rotatable bonds is 24. The van der Waals surface area contributed by atoms with Crippen molar-refractivity contribution in [2.45, 2.75) is 0 Å². The summed E-state index contributed by atoms with van der Waals surface area (Å²) in [5.74, 6) is -5.38. The monoisotopic (exact) mass is 1210 g/mol. The molecule has 8 aromatic rings. The molecule has 4 N–H and O–H groups in total. The molecule has 0 amide bonds. The number of carboxylic acids is 4. The van der Waals surface area contributed by atoms with Gasteiger partial charge in [0.05, 0.1) is 49.2 Å². The van der Waals surface area contributed by atoms with Crippen LogP contribution in [0.3, 0.4) is 0 Å². The van der Waals surface area contributed by atoms with Crippen LogP contribution >= 0.6 is 14.5 Å². The fraction of sp³-hybridized carbons (Fsp3) is 0.156. The molecule has 0 saturated heterocycles. The number of benzene rings is 8. The van der Waals surface area contributed by atoms with Crippen LogP contribution in [0.25, 0.3) is 0 Å². The van der Waals surface area contributed by atoms with Gasteiger partial charge >= 0.3 is 29.0 Å². The van der Waals surface area contributed by atoms with Crippen LogP contribution in [-0.4, -0.2) is 102 Å². The number of carbonyl (C=O) groups excluding carboxylic acids is 6. The molecule has 19 heteroatoms. The number of carboxylic acid groups (broad SMARTS) is 4. The van der Waals surface area contributed by atoms with Crippen LogP contribution in [0.2, 0.25) is 0 Å². The van der Waals surface area contributed by atoms with Crippen LogP contribution < -0.4 is 84.1 Å². The van der Waals surface area contributed by atoms with Gasteiger partial charge in [-0.3, -0.25) is 0 Å². The van der Waals surface area contributed by atoms with E-state index in [1.807, 2.05) is 24.3 Å². The van der Waals surface area contributed by atoms with Gasteiger partial charge in [-0.25, -0.2) is 9.59 Å². The van der Waals surface area contributed by atoms with E-state index < -0.39 is 38.4 Å². The smallest absolute Gasteiger partial charge is 0.549 e. The molecule has 0 aliphatic carbocycles. The van der Waals surface area contributed by atoms with Gasteiger partial charge in [0.2, 0.25) is 0 Å². The van der Waals surface area contributed by atoms with Crippen LogP contribution in [0.5, 0.6) is 0 Å². The molecule has 16 nitrogen and oxygen atoms in total. The zero-order chi connectivity index (χ0) is 59.0. The van der Waals surface area contributed by atoms with Gasteiger partial charge < -0.3 is 70.3 Å². The molecule has 0 unspecified atom stereocenters. The van der Waals surface area contributed by atoms with Gasteiger partial charge in [0.25, 0.3) is 0 Å². The second-order valence-electron chi connectivity index (χ2n) is 17.6. The number of esters is 2. The number of hydrogen-bond acceptors (Lipinski definition) is 16. The van der Waals surface area contributed by atoms with Crippen molar-refractivity contribution in [3.63, 3.8) is 0 Å². The minimum Gasteiger partial charge on any atom is -0.549 e. The van der Waals surface area contributed by atoms with Gasteiger partial charge in [0.1, 0.15) is 57.0 Å². The number of carbonyl (C=O) groups is 6. The van der Waals surface area contributed by atoms with Crippen LogP contribution in [0.15, 0.2) is 231 Å². The summed E-state index contributed by atoms with van der Waals surface area (Å²) in [6.07, 6.45) is 0. The predicted octanol–water partition coefficient (Wildman–Crippen LogP) is -0.486. The third kappa shape index (κ3) is 20.0. The maximum Gasteiger partial charge on any atom is 2.00 e. The van der Waals surface area contributed by atoms with Crippen molar-refractivity contribution in [3.05, 3.63) is 242 Å². The molecule has 0 aromatic heterocycles. The molecule has 83 heavy (non-hydrogen) atoms. The molecule has 1 radical (unpaired) electrons. The molecule has 0 saturated carbocycles. The molecule has 0 bridgehead atoms. The molecule has 0 fully saturated rings. The average Bonchev–Trinajstić information content (AvgIpc) is 3.69. The number of aliphatic carboxylic acids is 4. The van der Waals surface area contributed by atoms with E-state index in [4.69, 9.17) is 9.47 Å². The normalized spacial score (nSPS) is 10.5. The zero-order valence-electron chi connectivity index (χ0n) is 45.7. The Morgan fingerprint density at radius 1 is 0.301 bits per heavy atom. The Morgan fingerprint density at radius 3 is 0.627 bits per heavy atom. The molecular formula is C64H64CuN4O12P2. The van der Waals surface area contributed by atoms with Crippen molar-refractivity contribution < 1.29 is 75.7 Å². The van der Waals surface area contributed by atoms with Crippen molar-refractivity contribution in [3.8, 4) is 0 Å². The molecule has 0 heterocycles. The minimum atomic E-state index is -2.12. The Labute approximate surface area is 495 Å². The Bertz CT molecular complexity index is 2770. The third-order valence-corrected chi connectivity index (χ3v) is 20.8. The van der Waals surface area contributed by atoms with E-state index in [0.717, 1.165) is 0 Å². The first-order valence-electron chi connectivity index (χ1n) is 25.9. The molecule has 0 atom stereocenters. The number of methoxy groups -OCH3 is 2. The van der Waals surface area contributed by atoms with E-state index in [1.165, 1.54) is 56.7 Å². The van der Waals surface area contributed by atoms with E-state index >= 15 is 0 Å². The number of nitrogens with one attached hydrogen (secondary N) is 4. The fourth-order valence-corrected chi connectivity index (χ4v) is 17.2. The summed E-state index contributed by atoms with van der Waals surface area (Å²) in [5.41, 5.74) is 1.12. The van der Waals surface area contributed by atoms with Crippen molar-refractivity contribution in [1.29, 1.82) is 0 Å². The summed E-state index contributed by atoms with van der Waals surface area (Å²) in [7, 11) is -1.42. The Morgan fingerprint density at radius 2 is 0.470 bits per heavy atom. The van der Waals surface area contributed by atoms with Gasteiger partial charge in [-0.2, -0.15) is 0 Å². The van der Waals surface area contributed by atoms with Crippen molar-refractivity contribution >= 4 is 92.8 Å². The molecule has 0 spiro atoms. The molecule has 0 aliphatic heterocycles. The summed E-state index contributed by atoms with van der Waals surface area (Å²) in [6, 6.07) is 79.7. The largest absolute Gasteiger partial charge is 2.00 e. The van der Waals surface area contributed by atoms with Crippen LogP contribution in [0, 0.1) is 0 Å². The fourth-order valence-electron chi connectivity index (χ4n) is 8.69. The number of hydrogen-bond donors (Lipinski definition) is 4. The van der Waals surface area contributed by atoms with E-state index in [0.29, 0.717) is 37.3 Å². The summed E-state index contributed by atoms with van der Waals surface area (Å²) < 4.78 is 9.77. The minimum absolute atomic E-state index is 0. The zero-order valence-corrected chi connectivity index (χ0v) is 48.4. The predicted molar refractivity (Wildman–Crippen MR) is 317 cm³/mol. The van der Waals surface area contributed by atoms with Crippen molar-refractivity contribution in [1.82, 2.24) is 21.3 Å². The van der Waals surface area contributed by atoms with Gasteiger partial charge in [0, 0.05) is 52.4 Å². The van der Waals surface area contributed by atoms with Crippen LogP contribution in [0.4, 0.5) is 0 Å². The molecule has 8 rings (SSSR count). The van der Waals surface area contributed by atoms with Crippen LogP contribution in [-0.2, 0) is 45.7 Å². The molecular weight excluding hydrogens is 1140 g/mol. The summed E-state index contributed by atoms with van der Waals surface area (Å²) in [6.45, 7) is 0.588. The first-order chi connectivity index (χ1) is 39.8. The SMILES string of the molecule is COC(=O)c1ccc([P+](c2ccccc2)(c2ccccc2)c2ccccc2)cc1.COC(=O)c1ccc([P+](c2ccccc2)(c2ccccc2)c2ccccc2)cc1.O=C([O-])CNCCNCC(=O)[O-].O=C([O-])CNCCNCC(=O)[O-].[Cu+2]. The standard InChI is InChI=1S/2C26H22O2P.2C6H12N2O4.Cu/c2*1-28-26(27)21-17-19-25(20-18-21)29(22-11-5-2-6-12-22,23-13-7-3-8-14-23)24-15-9-4-10-16-24;2*9-5(10)3-7-1-2-8-4-6(11)12;/h2*2-20H,1H3;2*7-8H,1-4H2,(H,9,10)(H,11,12);/q2*+1;;;+2/p-4. The maximum atomic E-state index is 12.0. The Kier molecular flexibility index (Phi) is 29.4. The number of ether oxygens (including phenoxy) is 2. The summed E-state index contributed by atoms with van der Waals surface area (Å²) in [4.78, 5) is 63.3. The van der Waals surface area contributed by atoms with Gasteiger partial charge in [-0.15, -0.1) is 0 Å². The quantitative estimate of drug-likeness (QED) is 0.0258. The van der Waals surface area contributed by atoms with Crippen molar-refractivity contribution in [2.24, 2.45) is 0 Å². The van der Waals surface area contributed by atoms with E-state index in [-0.39, 0.29) is 55.2 Å². The third-order valence-electron chi connectivity index (χ3n) is 12.2. The second kappa shape index (κ2) is 36.3. The molecule has 8 aromatic carbocycles. The molecule has 0 aliphatic rings. The topological polar surface area (TPSA) is 261 Å². The van der Waals surface area contributed by atoms with Gasteiger partial charge in [0.15, 0.2) is 0 Å². The first kappa shape index (κ1) is 67.3. The van der Waals surface area contributed by atoms with Gasteiger partial charge in [-0.05, 0) is 121 Å². The van der Waals surface area contributed by atoms with Crippen molar-refractivity contribution in [2.75, 3.05) is 66.6 Å². The second-order valence-corrected chi connectivity index (χ2v) is 24.4.